The Hall–Kier alpha value is -1.53. The zero-order chi connectivity index (χ0) is 18.4. The molecule has 7 heteroatoms. The summed E-state index contributed by atoms with van der Waals surface area (Å²) in [5.41, 5.74) is 1.20. The second-order valence-electron chi connectivity index (χ2n) is 6.51. The van der Waals surface area contributed by atoms with E-state index in [0.717, 1.165) is 37.7 Å². The Kier molecular flexibility index (Phi) is 8.64. The van der Waals surface area contributed by atoms with Crippen LogP contribution in [0.3, 0.4) is 0 Å². The van der Waals surface area contributed by atoms with Crippen LogP contribution in [-0.4, -0.2) is 55.4 Å². The van der Waals surface area contributed by atoms with Gasteiger partial charge in [0.05, 0.1) is 6.10 Å². The molecule has 27 heavy (non-hydrogen) atoms. The minimum absolute atomic E-state index is 0. The molecule has 0 aliphatic carbocycles. The molecule has 2 aromatic carbocycles. The van der Waals surface area contributed by atoms with Gasteiger partial charge in [0.1, 0.15) is 18.2 Å². The summed E-state index contributed by atoms with van der Waals surface area (Å²) in [7, 11) is 0. The SMILES string of the molecule is Cl.OC(CCN1CCN(c2ccc(Cl)cc2)CC1)COc1ccc(F)cc1. The highest BCUT2D eigenvalue weighted by atomic mass is 35.5. The van der Waals surface area contributed by atoms with Crippen LogP contribution in [0, 0.1) is 5.82 Å². The van der Waals surface area contributed by atoms with Gasteiger partial charge >= 0.3 is 0 Å². The molecule has 2 aromatic rings. The van der Waals surface area contributed by atoms with Crippen LogP contribution in [0.4, 0.5) is 10.1 Å². The van der Waals surface area contributed by atoms with Crippen LogP contribution in [0.1, 0.15) is 6.42 Å². The van der Waals surface area contributed by atoms with E-state index in [2.05, 4.69) is 21.9 Å². The third kappa shape index (κ3) is 6.85. The fraction of sp³-hybridized carbons (Fsp3) is 0.400. The van der Waals surface area contributed by atoms with Gasteiger partial charge in [0.15, 0.2) is 0 Å². The van der Waals surface area contributed by atoms with E-state index in [0.29, 0.717) is 12.2 Å². The third-order valence-electron chi connectivity index (χ3n) is 4.60. The molecule has 1 aliphatic heterocycles. The highest BCUT2D eigenvalue weighted by Gasteiger charge is 2.18. The zero-order valence-corrected chi connectivity index (χ0v) is 16.6. The van der Waals surface area contributed by atoms with E-state index in [1.54, 1.807) is 12.1 Å². The molecule has 0 bridgehead atoms. The number of nitrogens with zero attached hydrogens (tertiary/aromatic N) is 2. The Morgan fingerprint density at radius 3 is 2.26 bits per heavy atom. The molecular formula is C20H25Cl2FN2O2. The van der Waals surface area contributed by atoms with Crippen LogP contribution in [0.5, 0.6) is 5.75 Å². The number of aliphatic hydroxyl groups excluding tert-OH is 1. The van der Waals surface area contributed by atoms with E-state index in [4.69, 9.17) is 16.3 Å². The number of hydrogen-bond acceptors (Lipinski definition) is 4. The molecule has 3 rings (SSSR count). The van der Waals surface area contributed by atoms with E-state index >= 15 is 0 Å². The molecular weight excluding hydrogens is 390 g/mol. The van der Waals surface area contributed by atoms with Gasteiger partial charge in [-0.05, 0) is 55.0 Å². The largest absolute Gasteiger partial charge is 0.491 e. The van der Waals surface area contributed by atoms with Crippen LogP contribution >= 0.6 is 24.0 Å². The van der Waals surface area contributed by atoms with Gasteiger partial charge in [0.2, 0.25) is 0 Å². The standard InChI is InChI=1S/C20H24ClFN2O2.ClH/c21-16-1-5-18(6-2-16)24-13-11-23(12-14-24)10-9-19(25)15-26-20-7-3-17(22)4-8-20;/h1-8,19,25H,9-15H2;1H. The van der Waals surface area contributed by atoms with Crippen molar-refractivity contribution in [2.45, 2.75) is 12.5 Å². The molecule has 1 aliphatic rings. The molecule has 1 fully saturated rings. The highest BCUT2D eigenvalue weighted by molar-refractivity contribution is 6.30. The second-order valence-corrected chi connectivity index (χ2v) is 6.95. The number of rotatable bonds is 7. The van der Waals surface area contributed by atoms with Crippen molar-refractivity contribution >= 4 is 29.7 Å². The summed E-state index contributed by atoms with van der Waals surface area (Å²) in [4.78, 5) is 4.70. The first-order valence-electron chi connectivity index (χ1n) is 8.89. The van der Waals surface area contributed by atoms with Crippen LogP contribution in [0.15, 0.2) is 48.5 Å². The van der Waals surface area contributed by atoms with Gasteiger partial charge in [-0.15, -0.1) is 12.4 Å². The number of benzene rings is 2. The molecule has 1 unspecified atom stereocenters. The predicted octanol–water partition coefficient (Wildman–Crippen LogP) is 3.85. The average molecular weight is 415 g/mol. The van der Waals surface area contributed by atoms with Crippen molar-refractivity contribution in [2.75, 3.05) is 44.2 Å². The summed E-state index contributed by atoms with van der Waals surface area (Å²) in [5.74, 6) is 0.276. The van der Waals surface area contributed by atoms with E-state index < -0.39 is 6.10 Å². The van der Waals surface area contributed by atoms with Crippen LogP contribution in [0.2, 0.25) is 5.02 Å². The van der Waals surface area contributed by atoms with Crippen molar-refractivity contribution in [2.24, 2.45) is 0 Å². The maximum Gasteiger partial charge on any atom is 0.123 e. The molecule has 0 spiro atoms. The van der Waals surface area contributed by atoms with Gasteiger partial charge in [-0.2, -0.15) is 0 Å². The quantitative estimate of drug-likeness (QED) is 0.745. The molecule has 4 nitrogen and oxygen atoms in total. The molecule has 1 N–H and O–H groups in total. The average Bonchev–Trinajstić information content (AvgIpc) is 2.67. The lowest BCUT2D eigenvalue weighted by atomic mass is 10.2. The first-order chi connectivity index (χ1) is 12.6. The Balaban J connectivity index is 0.00000261. The zero-order valence-electron chi connectivity index (χ0n) is 15.1. The fourth-order valence-corrected chi connectivity index (χ4v) is 3.15. The van der Waals surface area contributed by atoms with Crippen molar-refractivity contribution in [3.05, 3.63) is 59.4 Å². The van der Waals surface area contributed by atoms with Gasteiger partial charge in [-0.3, -0.25) is 4.90 Å². The summed E-state index contributed by atoms with van der Waals surface area (Å²) in [6.07, 6.45) is 0.122. The molecule has 1 atom stereocenters. The lowest BCUT2D eigenvalue weighted by Gasteiger charge is -2.36. The van der Waals surface area contributed by atoms with Gasteiger partial charge in [0.25, 0.3) is 0 Å². The van der Waals surface area contributed by atoms with Crippen molar-refractivity contribution < 1.29 is 14.2 Å². The first-order valence-corrected chi connectivity index (χ1v) is 9.27. The number of ether oxygens (including phenoxy) is 1. The van der Waals surface area contributed by atoms with Crippen molar-refractivity contribution in [1.29, 1.82) is 0 Å². The van der Waals surface area contributed by atoms with Gasteiger partial charge in [0, 0.05) is 43.4 Å². The number of hydrogen-bond donors (Lipinski definition) is 1. The van der Waals surface area contributed by atoms with Crippen LogP contribution in [-0.2, 0) is 0 Å². The lowest BCUT2D eigenvalue weighted by Crippen LogP contribution is -2.47. The van der Waals surface area contributed by atoms with Crippen molar-refractivity contribution in [3.63, 3.8) is 0 Å². The molecule has 0 amide bonds. The number of aliphatic hydroxyl groups is 1. The van der Waals surface area contributed by atoms with E-state index in [9.17, 15) is 9.50 Å². The van der Waals surface area contributed by atoms with E-state index in [1.165, 1.54) is 17.8 Å². The normalized spacial score (nSPS) is 15.9. The molecule has 0 aromatic heterocycles. The third-order valence-corrected chi connectivity index (χ3v) is 4.85. The van der Waals surface area contributed by atoms with Gasteiger partial charge in [-0.1, -0.05) is 11.6 Å². The Labute approximate surface area is 170 Å². The summed E-state index contributed by atoms with van der Waals surface area (Å²) in [6.45, 7) is 4.91. The Morgan fingerprint density at radius 2 is 1.63 bits per heavy atom. The molecule has 1 saturated heterocycles. The predicted molar refractivity (Wildman–Crippen MR) is 110 cm³/mol. The topological polar surface area (TPSA) is 35.9 Å². The molecule has 1 heterocycles. The summed E-state index contributed by atoms with van der Waals surface area (Å²) >= 11 is 5.94. The summed E-state index contributed by atoms with van der Waals surface area (Å²) in [5, 5.41) is 10.9. The second kappa shape index (κ2) is 10.7. The first kappa shape index (κ1) is 21.8. The van der Waals surface area contributed by atoms with Crippen molar-refractivity contribution in [1.82, 2.24) is 4.90 Å². The van der Waals surface area contributed by atoms with Gasteiger partial charge in [-0.25, -0.2) is 4.39 Å². The minimum Gasteiger partial charge on any atom is -0.491 e. The van der Waals surface area contributed by atoms with E-state index in [-0.39, 0.29) is 24.8 Å². The molecule has 0 saturated carbocycles. The number of anilines is 1. The highest BCUT2D eigenvalue weighted by Crippen LogP contribution is 2.19. The van der Waals surface area contributed by atoms with E-state index in [1.807, 2.05) is 12.1 Å². The minimum atomic E-state index is -0.533. The smallest absolute Gasteiger partial charge is 0.123 e. The molecule has 0 radical (unpaired) electrons. The fourth-order valence-electron chi connectivity index (χ4n) is 3.02. The van der Waals surface area contributed by atoms with Crippen LogP contribution in [0.25, 0.3) is 0 Å². The Morgan fingerprint density at radius 1 is 1.00 bits per heavy atom. The maximum absolute atomic E-state index is 12.8. The van der Waals surface area contributed by atoms with Crippen LogP contribution < -0.4 is 9.64 Å². The summed E-state index contributed by atoms with van der Waals surface area (Å²) in [6, 6.07) is 13.8. The number of piperazine rings is 1. The number of halogens is 3. The Bertz CT molecular complexity index is 677. The van der Waals surface area contributed by atoms with Gasteiger partial charge < -0.3 is 14.7 Å². The lowest BCUT2D eigenvalue weighted by molar-refractivity contribution is 0.0866. The molecule has 148 valence electrons. The maximum atomic E-state index is 12.8. The van der Waals surface area contributed by atoms with Crippen molar-refractivity contribution in [3.8, 4) is 5.75 Å². The summed E-state index contributed by atoms with van der Waals surface area (Å²) < 4.78 is 18.3. The monoisotopic (exact) mass is 414 g/mol.